The summed E-state index contributed by atoms with van der Waals surface area (Å²) < 4.78 is 114. The number of ether oxygens (including phenoxy) is 1. The maximum absolute atomic E-state index is 14.9. The van der Waals surface area contributed by atoms with Gasteiger partial charge in [-0.2, -0.15) is 0 Å². The number of amidine groups is 1. The van der Waals surface area contributed by atoms with Crippen LogP contribution >= 0.6 is 27.5 Å². The summed E-state index contributed by atoms with van der Waals surface area (Å²) in [7, 11) is -10.6. The second-order valence-electron chi connectivity index (χ2n) is 11.3. The Hall–Kier alpha value is -1.77. The Labute approximate surface area is 266 Å². The van der Waals surface area contributed by atoms with Crippen LogP contribution < -0.4 is 5.73 Å². The highest BCUT2D eigenvalue weighted by molar-refractivity contribution is 9.10. The summed E-state index contributed by atoms with van der Waals surface area (Å²) in [6, 6.07) is 0.993. The average molecular weight is 755 g/mol. The lowest BCUT2D eigenvalue weighted by Crippen LogP contribution is -2.71. The molecule has 2 N–H and O–H groups in total. The van der Waals surface area contributed by atoms with Gasteiger partial charge in [-0.15, -0.1) is 4.71 Å². The average Bonchev–Trinajstić information content (AvgIpc) is 3.49. The number of carbonyl (C=O) groups excluding carboxylic acids is 1. The molecule has 2 bridgehead atoms. The van der Waals surface area contributed by atoms with Gasteiger partial charge in [0.25, 0.3) is 0 Å². The Morgan fingerprint density at radius 1 is 1.00 bits per heavy atom. The van der Waals surface area contributed by atoms with Crippen LogP contribution in [0.15, 0.2) is 9.60 Å². The summed E-state index contributed by atoms with van der Waals surface area (Å²) >= 11 is 9.22. The number of nitrogens with zero attached hydrogens (tertiary/aromatic N) is 6. The lowest BCUT2D eigenvalue weighted by molar-refractivity contribution is -1.15. The van der Waals surface area contributed by atoms with Crippen LogP contribution in [0, 0.1) is 0 Å². The molecule has 0 saturated carbocycles. The molecule has 6 aliphatic rings. The SMILES string of the molecule is COC1N=C(N)c2c(Br)nc([C@@H]3CC[C@H]4CCC(=O)N4C3)n2C1F.F[B-](F)(F)F.F[B-](F)(F)F.F[N+]12CC[N+](CCl)(CC1)CC2. The van der Waals surface area contributed by atoms with Crippen molar-refractivity contribution in [3.8, 4) is 0 Å². The fourth-order valence-corrected chi connectivity index (χ4v) is 6.98. The first kappa shape index (κ1) is 37.7. The summed E-state index contributed by atoms with van der Waals surface area (Å²) in [5.41, 5.74) is 6.42. The second kappa shape index (κ2) is 14.6. The molecule has 7 heterocycles. The van der Waals surface area contributed by atoms with Gasteiger partial charge in [0.1, 0.15) is 41.6 Å². The van der Waals surface area contributed by atoms with Crippen molar-refractivity contribution in [2.75, 3.05) is 58.9 Å². The number of amides is 1. The maximum atomic E-state index is 14.9. The molecular formula is C22H33B2BrClF10N7O2. The Kier molecular flexibility index (Phi) is 12.2. The molecule has 45 heavy (non-hydrogen) atoms. The van der Waals surface area contributed by atoms with Crippen LogP contribution in [-0.4, -0.2) is 121 Å². The number of fused-ring (bicyclic) bond motifs is 5. The van der Waals surface area contributed by atoms with Gasteiger partial charge in [0.2, 0.25) is 18.4 Å². The molecule has 6 aliphatic heterocycles. The molecule has 2 unspecified atom stereocenters. The van der Waals surface area contributed by atoms with Crippen molar-refractivity contribution in [1.29, 1.82) is 0 Å². The number of piperidine rings is 1. The second-order valence-corrected chi connectivity index (χ2v) is 12.3. The van der Waals surface area contributed by atoms with Gasteiger partial charge in [-0.1, -0.05) is 11.6 Å². The lowest BCUT2D eigenvalue weighted by Gasteiger charge is -2.48. The molecule has 1 amide bonds. The van der Waals surface area contributed by atoms with Gasteiger partial charge in [-0.3, -0.25) is 13.8 Å². The highest BCUT2D eigenvalue weighted by Crippen LogP contribution is 2.39. The van der Waals surface area contributed by atoms with Crippen molar-refractivity contribution in [1.82, 2.24) is 14.5 Å². The molecule has 4 atom stereocenters. The number of methoxy groups -OCH3 is 1. The van der Waals surface area contributed by atoms with Crippen molar-refractivity contribution in [2.24, 2.45) is 10.7 Å². The minimum absolute atomic E-state index is 0.0185. The van der Waals surface area contributed by atoms with Crippen molar-refractivity contribution in [2.45, 2.75) is 50.2 Å². The summed E-state index contributed by atoms with van der Waals surface area (Å²) in [5, 5.41) is 0. The number of carbonyl (C=O) groups is 1. The van der Waals surface area contributed by atoms with Crippen molar-refractivity contribution < 1.29 is 62.1 Å². The Morgan fingerprint density at radius 2 is 1.53 bits per heavy atom. The molecule has 5 fully saturated rings. The van der Waals surface area contributed by atoms with Gasteiger partial charge in [-0.05, 0) is 39.7 Å². The number of nitrogens with two attached hydrogens (primary N) is 1. The highest BCUT2D eigenvalue weighted by atomic mass is 79.9. The van der Waals surface area contributed by atoms with Crippen LogP contribution in [0.5, 0.6) is 0 Å². The smallest absolute Gasteiger partial charge is 0.418 e. The normalized spacial score (nSPS) is 32.2. The van der Waals surface area contributed by atoms with Gasteiger partial charge < -0.3 is 49.9 Å². The molecule has 0 spiro atoms. The maximum Gasteiger partial charge on any atom is 0.673 e. The first-order valence-electron chi connectivity index (χ1n) is 14.0. The third-order valence-electron chi connectivity index (χ3n) is 8.39. The van der Waals surface area contributed by atoms with Crippen LogP contribution in [-0.2, 0) is 9.53 Å². The Balaban J connectivity index is 0.000000216. The molecule has 1 aromatic rings. The molecule has 9 nitrogen and oxygen atoms in total. The fourth-order valence-electron chi connectivity index (χ4n) is 6.04. The van der Waals surface area contributed by atoms with E-state index in [0.717, 1.165) is 43.4 Å². The number of piperazine rings is 3. The van der Waals surface area contributed by atoms with Gasteiger partial charge in [0.15, 0.2) is 25.6 Å². The molecule has 5 saturated heterocycles. The molecule has 258 valence electrons. The van der Waals surface area contributed by atoms with Gasteiger partial charge in [-0.25, -0.2) is 14.4 Å². The largest absolute Gasteiger partial charge is 0.673 e. The fraction of sp³-hybridized carbons (Fsp3) is 0.773. The predicted molar refractivity (Wildman–Crippen MR) is 150 cm³/mol. The zero-order chi connectivity index (χ0) is 34.0. The first-order chi connectivity index (χ1) is 20.7. The molecule has 0 aromatic carbocycles. The number of quaternary nitrogens is 2. The number of hydrogen-bond donors (Lipinski definition) is 1. The van der Waals surface area contributed by atoms with Gasteiger partial charge in [0, 0.05) is 32.0 Å². The summed E-state index contributed by atoms with van der Waals surface area (Å²) in [6.07, 6.45) is 0.854. The van der Waals surface area contributed by atoms with Crippen LogP contribution in [0.4, 0.5) is 43.4 Å². The third kappa shape index (κ3) is 10.1. The Morgan fingerprint density at radius 3 is 2.02 bits per heavy atom. The van der Waals surface area contributed by atoms with E-state index in [1.807, 2.05) is 4.90 Å². The van der Waals surface area contributed by atoms with E-state index >= 15 is 0 Å². The van der Waals surface area contributed by atoms with E-state index in [2.05, 4.69) is 25.9 Å². The predicted octanol–water partition coefficient (Wildman–Crippen LogP) is 5.00. The van der Waals surface area contributed by atoms with E-state index in [9.17, 15) is 48.2 Å². The minimum atomic E-state index is -6.00. The summed E-state index contributed by atoms with van der Waals surface area (Å²) in [6.45, 7) is 5.39. The first-order valence-corrected chi connectivity index (χ1v) is 15.3. The van der Waals surface area contributed by atoms with Crippen molar-refractivity contribution in [3.63, 3.8) is 0 Å². The quantitative estimate of drug-likeness (QED) is 0.118. The molecule has 1 aromatic heterocycles. The zero-order valence-corrected chi connectivity index (χ0v) is 26.4. The van der Waals surface area contributed by atoms with Crippen LogP contribution in [0.2, 0.25) is 0 Å². The topological polar surface area (TPSA) is 85.7 Å². The third-order valence-corrected chi connectivity index (χ3v) is 9.45. The number of hydrogen-bond acceptors (Lipinski definition) is 5. The van der Waals surface area contributed by atoms with Crippen LogP contribution in [0.25, 0.3) is 0 Å². The van der Waals surface area contributed by atoms with E-state index in [0.29, 0.717) is 60.8 Å². The standard InChI is InChI=1S/C15H19BrFN5O2.C7H14ClFN2.2BF4/c1-24-15-12(17)22-10(13(18)20-15)11(16)19-14(22)7-2-3-8-4-5-9(23)21(8)6-7;8-7-10-1-4-11(9,5-2-10)6-3-10;2*2-1(3,4)5/h7-8,12,15H,2-6H2,1H3,(H2,18,20);1-7H2;;/q;+2;2*-1/t7-,8+,12?,15?;;;/m1.../s1. The number of rotatable bonds is 3. The minimum Gasteiger partial charge on any atom is -0.418 e. The van der Waals surface area contributed by atoms with E-state index in [1.54, 1.807) is 0 Å². The summed E-state index contributed by atoms with van der Waals surface area (Å²) in [5.74, 6) is 0.964. The van der Waals surface area contributed by atoms with Crippen molar-refractivity contribution in [3.05, 3.63) is 16.1 Å². The number of halogens is 12. The Bertz CT molecular complexity index is 1180. The van der Waals surface area contributed by atoms with E-state index < -0.39 is 27.0 Å². The number of alkyl halides is 2. The van der Waals surface area contributed by atoms with Crippen LogP contribution in [0.1, 0.15) is 49.4 Å². The van der Waals surface area contributed by atoms with Gasteiger partial charge in [0.05, 0.1) is 0 Å². The van der Waals surface area contributed by atoms with E-state index in [4.69, 9.17) is 22.1 Å². The number of aliphatic imine (C=N–C) groups is 1. The molecular weight excluding hydrogens is 721 g/mol. The van der Waals surface area contributed by atoms with E-state index in [-0.39, 0.29) is 22.4 Å². The molecule has 7 rings (SSSR count). The number of imidazole rings is 1. The van der Waals surface area contributed by atoms with Crippen LogP contribution in [0.3, 0.4) is 0 Å². The lowest BCUT2D eigenvalue weighted by atomic mass is 9.92. The molecule has 0 aliphatic carbocycles. The monoisotopic (exact) mass is 753 g/mol. The molecule has 23 heteroatoms. The highest BCUT2D eigenvalue weighted by Gasteiger charge is 2.50. The zero-order valence-electron chi connectivity index (χ0n) is 24.1. The van der Waals surface area contributed by atoms with Crippen molar-refractivity contribution >= 4 is 53.8 Å². The molecule has 0 radical (unpaired) electrons. The van der Waals surface area contributed by atoms with E-state index in [1.165, 1.54) is 11.7 Å². The number of aromatic nitrogens is 2. The summed E-state index contributed by atoms with van der Waals surface area (Å²) in [4.78, 5) is 22.5. The van der Waals surface area contributed by atoms with Gasteiger partial charge >= 0.3 is 14.5 Å².